The lowest BCUT2D eigenvalue weighted by atomic mass is 10.1. The largest absolute Gasteiger partial charge is 0.337 e. The molecule has 0 aliphatic heterocycles. The zero-order valence-electron chi connectivity index (χ0n) is 14.4. The molecule has 0 saturated heterocycles. The van der Waals surface area contributed by atoms with Crippen LogP contribution in [0.2, 0.25) is 0 Å². The lowest BCUT2D eigenvalue weighted by molar-refractivity contribution is 0.0783. The molecule has 6 nitrogen and oxygen atoms in total. The molecule has 1 amide bonds. The molecule has 6 heteroatoms. The van der Waals surface area contributed by atoms with Crippen LogP contribution in [0.1, 0.15) is 27.3 Å². The van der Waals surface area contributed by atoms with Crippen LogP contribution in [0.4, 0.5) is 0 Å². The summed E-state index contributed by atoms with van der Waals surface area (Å²) >= 11 is 0. The minimum absolute atomic E-state index is 0.0314. The molecule has 3 rings (SSSR count). The molecular weight excluding hydrogens is 302 g/mol. The molecule has 0 bridgehead atoms. The highest BCUT2D eigenvalue weighted by atomic mass is 16.2. The minimum atomic E-state index is -0.0314. The summed E-state index contributed by atoms with van der Waals surface area (Å²) in [4.78, 5) is 14.6. The van der Waals surface area contributed by atoms with Crippen LogP contribution >= 0.6 is 0 Å². The quantitative estimate of drug-likeness (QED) is 0.741. The van der Waals surface area contributed by atoms with E-state index in [1.807, 2.05) is 62.1 Å². The summed E-state index contributed by atoms with van der Waals surface area (Å²) in [6, 6.07) is 9.84. The fourth-order valence-electron chi connectivity index (χ4n) is 2.86. The Balaban J connectivity index is 1.88. The van der Waals surface area contributed by atoms with Crippen molar-refractivity contribution in [3.8, 4) is 5.69 Å². The molecule has 0 aliphatic rings. The SMILES string of the molecule is Cc1nn(-c2ccccc2)c(C)c1C(=O)N(C)Cc1cnn(C)c1. The van der Waals surface area contributed by atoms with Crippen molar-refractivity contribution >= 4 is 5.91 Å². The first kappa shape index (κ1) is 16.0. The third-order valence-electron chi connectivity index (χ3n) is 4.03. The maximum absolute atomic E-state index is 12.9. The zero-order chi connectivity index (χ0) is 17.3. The Morgan fingerprint density at radius 3 is 2.54 bits per heavy atom. The Morgan fingerprint density at radius 2 is 1.92 bits per heavy atom. The van der Waals surface area contributed by atoms with Gasteiger partial charge in [-0.1, -0.05) is 18.2 Å². The number of rotatable bonds is 4. The molecule has 3 aromatic rings. The number of aryl methyl sites for hydroxylation is 2. The van der Waals surface area contributed by atoms with Gasteiger partial charge in [0.15, 0.2) is 0 Å². The average molecular weight is 323 g/mol. The number of aromatic nitrogens is 4. The fourth-order valence-corrected chi connectivity index (χ4v) is 2.86. The Bertz CT molecular complexity index is 863. The highest BCUT2D eigenvalue weighted by molar-refractivity contribution is 5.96. The number of para-hydroxylation sites is 1. The summed E-state index contributed by atoms with van der Waals surface area (Å²) in [5.41, 5.74) is 4.19. The Kier molecular flexibility index (Phi) is 4.20. The lowest BCUT2D eigenvalue weighted by Crippen LogP contribution is -2.27. The van der Waals surface area contributed by atoms with Crippen molar-refractivity contribution in [2.75, 3.05) is 7.05 Å². The van der Waals surface area contributed by atoms with Crippen LogP contribution in [0.3, 0.4) is 0 Å². The number of nitrogens with zero attached hydrogens (tertiary/aromatic N) is 5. The van der Waals surface area contributed by atoms with Crippen LogP contribution in [0.5, 0.6) is 0 Å². The van der Waals surface area contributed by atoms with Crippen molar-refractivity contribution in [1.82, 2.24) is 24.5 Å². The van der Waals surface area contributed by atoms with Crippen LogP contribution in [-0.2, 0) is 13.6 Å². The molecule has 0 fully saturated rings. The van der Waals surface area contributed by atoms with Crippen molar-refractivity contribution in [2.45, 2.75) is 20.4 Å². The predicted molar refractivity (Wildman–Crippen MR) is 92.0 cm³/mol. The summed E-state index contributed by atoms with van der Waals surface area (Å²) in [5, 5.41) is 8.69. The van der Waals surface area contributed by atoms with E-state index < -0.39 is 0 Å². The number of amides is 1. The van der Waals surface area contributed by atoms with Crippen molar-refractivity contribution in [1.29, 1.82) is 0 Å². The van der Waals surface area contributed by atoms with Gasteiger partial charge in [0.05, 0.1) is 28.8 Å². The average Bonchev–Trinajstić information content (AvgIpc) is 3.10. The number of carbonyl (C=O) groups is 1. The Hall–Kier alpha value is -2.89. The van der Waals surface area contributed by atoms with Crippen LogP contribution in [-0.4, -0.2) is 37.4 Å². The second kappa shape index (κ2) is 6.31. The maximum Gasteiger partial charge on any atom is 0.257 e. The smallest absolute Gasteiger partial charge is 0.257 e. The molecule has 0 N–H and O–H groups in total. The lowest BCUT2D eigenvalue weighted by Gasteiger charge is -2.16. The summed E-state index contributed by atoms with van der Waals surface area (Å²) in [7, 11) is 3.66. The second-order valence-corrected chi connectivity index (χ2v) is 5.98. The number of hydrogen-bond acceptors (Lipinski definition) is 3. The van der Waals surface area contributed by atoms with E-state index >= 15 is 0 Å². The maximum atomic E-state index is 12.9. The molecule has 2 aromatic heterocycles. The van der Waals surface area contributed by atoms with Gasteiger partial charge in [-0.25, -0.2) is 4.68 Å². The van der Waals surface area contributed by atoms with Crippen molar-refractivity contribution in [2.24, 2.45) is 7.05 Å². The summed E-state index contributed by atoms with van der Waals surface area (Å²) in [6.07, 6.45) is 3.69. The first-order valence-corrected chi connectivity index (χ1v) is 7.82. The molecule has 0 saturated carbocycles. The van der Waals surface area contributed by atoms with E-state index in [2.05, 4.69) is 10.2 Å². The van der Waals surface area contributed by atoms with E-state index in [4.69, 9.17) is 0 Å². The monoisotopic (exact) mass is 323 g/mol. The molecule has 2 heterocycles. The number of hydrogen-bond donors (Lipinski definition) is 0. The standard InChI is InChI=1S/C18H21N5O/c1-13-17(14(2)23(20-13)16-8-6-5-7-9-16)18(24)21(3)11-15-10-19-22(4)12-15/h5-10,12H,11H2,1-4H3. The van der Waals surface area contributed by atoms with Gasteiger partial charge >= 0.3 is 0 Å². The van der Waals surface area contributed by atoms with Crippen molar-refractivity contribution in [3.05, 3.63) is 65.2 Å². The van der Waals surface area contributed by atoms with Gasteiger partial charge in [0, 0.05) is 32.4 Å². The van der Waals surface area contributed by atoms with Crippen LogP contribution < -0.4 is 0 Å². The molecule has 0 spiro atoms. The topological polar surface area (TPSA) is 56.0 Å². The van der Waals surface area contributed by atoms with Gasteiger partial charge in [-0.05, 0) is 26.0 Å². The van der Waals surface area contributed by atoms with Gasteiger partial charge in [0.1, 0.15) is 0 Å². The highest BCUT2D eigenvalue weighted by Crippen LogP contribution is 2.20. The van der Waals surface area contributed by atoms with E-state index in [1.54, 1.807) is 22.8 Å². The van der Waals surface area contributed by atoms with E-state index in [1.165, 1.54) is 0 Å². The third-order valence-corrected chi connectivity index (χ3v) is 4.03. The van der Waals surface area contributed by atoms with Gasteiger partial charge in [-0.15, -0.1) is 0 Å². The van der Waals surface area contributed by atoms with Gasteiger partial charge in [-0.2, -0.15) is 10.2 Å². The third kappa shape index (κ3) is 2.95. The van der Waals surface area contributed by atoms with Gasteiger partial charge < -0.3 is 4.90 Å². The first-order valence-electron chi connectivity index (χ1n) is 7.82. The molecule has 0 radical (unpaired) electrons. The molecule has 0 atom stereocenters. The summed E-state index contributed by atoms with van der Waals surface area (Å²) in [6.45, 7) is 4.32. The highest BCUT2D eigenvalue weighted by Gasteiger charge is 2.22. The Labute approximate surface area is 141 Å². The normalized spacial score (nSPS) is 10.8. The van der Waals surface area contributed by atoms with E-state index in [0.717, 1.165) is 22.6 Å². The van der Waals surface area contributed by atoms with Crippen LogP contribution in [0.25, 0.3) is 5.69 Å². The summed E-state index contributed by atoms with van der Waals surface area (Å²) < 4.78 is 3.55. The van der Waals surface area contributed by atoms with Crippen LogP contribution in [0, 0.1) is 13.8 Å². The molecular formula is C18H21N5O. The number of carbonyl (C=O) groups excluding carboxylic acids is 1. The molecule has 1 aromatic carbocycles. The predicted octanol–water partition coefficient (Wildman–Crippen LogP) is 2.49. The van der Waals surface area contributed by atoms with E-state index in [0.29, 0.717) is 12.1 Å². The van der Waals surface area contributed by atoms with Crippen molar-refractivity contribution in [3.63, 3.8) is 0 Å². The molecule has 124 valence electrons. The minimum Gasteiger partial charge on any atom is -0.337 e. The van der Waals surface area contributed by atoms with Gasteiger partial charge in [0.2, 0.25) is 0 Å². The zero-order valence-corrected chi connectivity index (χ0v) is 14.4. The Morgan fingerprint density at radius 1 is 1.21 bits per heavy atom. The van der Waals surface area contributed by atoms with E-state index in [-0.39, 0.29) is 5.91 Å². The second-order valence-electron chi connectivity index (χ2n) is 5.98. The van der Waals surface area contributed by atoms with Gasteiger partial charge in [-0.3, -0.25) is 9.48 Å². The van der Waals surface area contributed by atoms with Crippen molar-refractivity contribution < 1.29 is 4.79 Å². The molecule has 24 heavy (non-hydrogen) atoms. The molecule has 0 aliphatic carbocycles. The molecule has 0 unspecified atom stereocenters. The van der Waals surface area contributed by atoms with Gasteiger partial charge in [0.25, 0.3) is 5.91 Å². The fraction of sp³-hybridized carbons (Fsp3) is 0.278. The van der Waals surface area contributed by atoms with Crippen LogP contribution in [0.15, 0.2) is 42.7 Å². The summed E-state index contributed by atoms with van der Waals surface area (Å²) in [5.74, 6) is -0.0314. The number of benzene rings is 1. The van der Waals surface area contributed by atoms with E-state index in [9.17, 15) is 4.79 Å². The first-order chi connectivity index (χ1) is 11.5.